The van der Waals surface area contributed by atoms with E-state index in [-0.39, 0.29) is 5.91 Å². The second-order valence-electron chi connectivity index (χ2n) is 4.94. The molecule has 0 atom stereocenters. The van der Waals surface area contributed by atoms with Gasteiger partial charge in [-0.05, 0) is 36.2 Å². The van der Waals surface area contributed by atoms with Crippen molar-refractivity contribution in [3.8, 4) is 0 Å². The number of nitrogens with two attached hydrogens (primary N) is 1. The maximum absolute atomic E-state index is 11.8. The van der Waals surface area contributed by atoms with E-state index in [0.29, 0.717) is 24.6 Å². The van der Waals surface area contributed by atoms with Crippen molar-refractivity contribution in [2.75, 3.05) is 18.4 Å². The second-order valence-corrected chi connectivity index (χ2v) is 4.94. The van der Waals surface area contributed by atoms with E-state index in [1.54, 1.807) is 18.3 Å². The lowest BCUT2D eigenvalue weighted by Crippen LogP contribution is -2.28. The Hall–Kier alpha value is -2.89. The molecule has 4 N–H and O–H groups in total. The molecule has 1 aromatic carbocycles. The third-order valence-corrected chi connectivity index (χ3v) is 3.24. The van der Waals surface area contributed by atoms with E-state index < -0.39 is 0 Å². The van der Waals surface area contributed by atoms with Gasteiger partial charge in [-0.25, -0.2) is 0 Å². The molecule has 0 fully saturated rings. The minimum Gasteiger partial charge on any atom is -0.370 e. The molecule has 0 radical (unpaired) electrons. The van der Waals surface area contributed by atoms with Crippen molar-refractivity contribution < 1.29 is 4.79 Å². The van der Waals surface area contributed by atoms with E-state index in [1.807, 2.05) is 24.3 Å². The predicted octanol–water partition coefficient (Wildman–Crippen LogP) is 1.80. The largest absolute Gasteiger partial charge is 0.370 e. The second kappa shape index (κ2) is 8.53. The summed E-state index contributed by atoms with van der Waals surface area (Å²) in [5, 5.41) is 5.78. The van der Waals surface area contributed by atoms with Crippen LogP contribution < -0.4 is 16.4 Å². The Morgan fingerprint density at radius 2 is 2.04 bits per heavy atom. The highest BCUT2D eigenvalue weighted by Crippen LogP contribution is 2.09. The Morgan fingerprint density at radius 3 is 2.70 bits per heavy atom. The summed E-state index contributed by atoms with van der Waals surface area (Å²) >= 11 is 0. The molecule has 0 bridgehead atoms. The van der Waals surface area contributed by atoms with Gasteiger partial charge < -0.3 is 16.4 Å². The first kappa shape index (κ1) is 16.5. The van der Waals surface area contributed by atoms with Crippen LogP contribution >= 0.6 is 0 Å². The van der Waals surface area contributed by atoms with Crippen LogP contribution in [0, 0.1) is 0 Å². The van der Waals surface area contributed by atoms with Crippen LogP contribution in [0.3, 0.4) is 0 Å². The van der Waals surface area contributed by atoms with E-state index in [9.17, 15) is 4.79 Å². The summed E-state index contributed by atoms with van der Waals surface area (Å²) in [7, 11) is 0. The van der Waals surface area contributed by atoms with Crippen LogP contribution in [0.15, 0.2) is 53.8 Å². The Balaban J connectivity index is 1.75. The highest BCUT2D eigenvalue weighted by atomic mass is 16.1. The van der Waals surface area contributed by atoms with E-state index in [0.717, 1.165) is 12.1 Å². The molecule has 1 heterocycles. The van der Waals surface area contributed by atoms with Crippen LogP contribution in [0.5, 0.6) is 0 Å². The van der Waals surface area contributed by atoms with Crippen LogP contribution in [0.1, 0.15) is 22.8 Å². The highest BCUT2D eigenvalue weighted by molar-refractivity contribution is 5.94. The third-order valence-electron chi connectivity index (χ3n) is 3.24. The molecule has 6 nitrogen and oxygen atoms in total. The average molecular weight is 311 g/mol. The lowest BCUT2D eigenvalue weighted by atomic mass is 10.1. The van der Waals surface area contributed by atoms with Crippen LogP contribution in [0.2, 0.25) is 0 Å². The zero-order chi connectivity index (χ0) is 16.5. The van der Waals surface area contributed by atoms with Gasteiger partial charge in [0, 0.05) is 24.6 Å². The van der Waals surface area contributed by atoms with Gasteiger partial charge in [-0.3, -0.25) is 14.8 Å². The van der Waals surface area contributed by atoms with Crippen molar-refractivity contribution in [3.05, 3.63) is 59.9 Å². The number of carbonyl (C=O) groups is 1. The summed E-state index contributed by atoms with van der Waals surface area (Å²) in [5.41, 5.74) is 8.51. The Kier molecular flexibility index (Phi) is 6.11. The van der Waals surface area contributed by atoms with E-state index in [4.69, 9.17) is 5.73 Å². The van der Waals surface area contributed by atoms with E-state index in [2.05, 4.69) is 27.5 Å². The summed E-state index contributed by atoms with van der Waals surface area (Å²) in [6, 6.07) is 11.4. The lowest BCUT2D eigenvalue weighted by molar-refractivity contribution is 0.0954. The quantitative estimate of drug-likeness (QED) is 0.431. The van der Waals surface area contributed by atoms with Crippen molar-refractivity contribution >= 4 is 17.6 Å². The Labute approximate surface area is 135 Å². The van der Waals surface area contributed by atoms with Crippen molar-refractivity contribution in [1.29, 1.82) is 0 Å². The predicted molar refractivity (Wildman–Crippen MR) is 92.5 cm³/mol. The zero-order valence-corrected chi connectivity index (χ0v) is 13.1. The first-order chi connectivity index (χ1) is 11.2. The van der Waals surface area contributed by atoms with Crippen LogP contribution in [0.25, 0.3) is 0 Å². The van der Waals surface area contributed by atoms with E-state index >= 15 is 0 Å². The molecule has 0 unspecified atom stereocenters. The standard InChI is InChI=1S/C17H21N5O/c1-2-13-5-7-15(8-6-13)22-17(18)21-11-10-20-16(23)14-4-3-9-19-12-14/h3-9,12H,2,10-11H2,1H3,(H,20,23)(H3,18,21,22). The van der Waals surface area contributed by atoms with Gasteiger partial charge in [0.15, 0.2) is 5.96 Å². The molecular weight excluding hydrogens is 290 g/mol. The number of aromatic nitrogens is 1. The zero-order valence-electron chi connectivity index (χ0n) is 13.1. The molecular formula is C17H21N5O. The molecule has 0 spiro atoms. The topological polar surface area (TPSA) is 92.4 Å². The maximum atomic E-state index is 11.8. The average Bonchev–Trinajstić information content (AvgIpc) is 2.60. The summed E-state index contributed by atoms with van der Waals surface area (Å²) in [6.45, 7) is 2.92. The number of hydrogen-bond donors (Lipinski definition) is 3. The van der Waals surface area contributed by atoms with Gasteiger partial charge in [-0.1, -0.05) is 19.1 Å². The summed E-state index contributed by atoms with van der Waals surface area (Å²) < 4.78 is 0. The number of nitrogens with zero attached hydrogens (tertiary/aromatic N) is 2. The van der Waals surface area contributed by atoms with Gasteiger partial charge in [0.1, 0.15) is 0 Å². The molecule has 0 aliphatic rings. The number of aliphatic imine (C=N–C) groups is 1. The van der Waals surface area contributed by atoms with Crippen LogP contribution in [-0.2, 0) is 6.42 Å². The van der Waals surface area contributed by atoms with Crippen molar-refractivity contribution in [3.63, 3.8) is 0 Å². The fraction of sp³-hybridized carbons (Fsp3) is 0.235. The molecule has 120 valence electrons. The number of benzene rings is 1. The van der Waals surface area contributed by atoms with Gasteiger partial charge >= 0.3 is 0 Å². The number of amides is 1. The Morgan fingerprint density at radius 1 is 1.26 bits per heavy atom. The minimum atomic E-state index is -0.171. The maximum Gasteiger partial charge on any atom is 0.252 e. The summed E-state index contributed by atoms with van der Waals surface area (Å²) in [4.78, 5) is 19.9. The van der Waals surface area contributed by atoms with Crippen molar-refractivity contribution in [2.24, 2.45) is 10.7 Å². The number of nitrogens with one attached hydrogen (secondary N) is 2. The monoisotopic (exact) mass is 311 g/mol. The number of anilines is 1. The molecule has 2 aromatic rings. The van der Waals surface area contributed by atoms with Gasteiger partial charge in [-0.15, -0.1) is 0 Å². The molecule has 1 amide bonds. The third kappa shape index (κ3) is 5.43. The van der Waals surface area contributed by atoms with Crippen LogP contribution in [-0.4, -0.2) is 29.9 Å². The minimum absolute atomic E-state index is 0.171. The van der Waals surface area contributed by atoms with Crippen LogP contribution in [0.4, 0.5) is 5.69 Å². The smallest absolute Gasteiger partial charge is 0.252 e. The summed E-state index contributed by atoms with van der Waals surface area (Å²) in [5.74, 6) is 0.153. The first-order valence-electron chi connectivity index (χ1n) is 7.53. The molecule has 0 aliphatic carbocycles. The van der Waals surface area contributed by atoms with Gasteiger partial charge in [0.25, 0.3) is 5.91 Å². The molecule has 2 rings (SSSR count). The molecule has 23 heavy (non-hydrogen) atoms. The Bertz CT molecular complexity index is 652. The van der Waals surface area contributed by atoms with Gasteiger partial charge in [0.2, 0.25) is 0 Å². The SMILES string of the molecule is CCc1ccc(NC(N)=NCCNC(=O)c2cccnc2)cc1. The normalized spacial score (nSPS) is 11.1. The molecule has 6 heteroatoms. The molecule has 1 aromatic heterocycles. The summed E-state index contributed by atoms with van der Waals surface area (Å²) in [6.07, 6.45) is 4.15. The first-order valence-corrected chi connectivity index (χ1v) is 7.53. The number of rotatable bonds is 6. The number of hydrogen-bond acceptors (Lipinski definition) is 3. The number of guanidine groups is 1. The van der Waals surface area contributed by atoms with E-state index in [1.165, 1.54) is 11.8 Å². The number of carbonyl (C=O) groups excluding carboxylic acids is 1. The molecule has 0 saturated carbocycles. The highest BCUT2D eigenvalue weighted by Gasteiger charge is 2.03. The van der Waals surface area contributed by atoms with Gasteiger partial charge in [-0.2, -0.15) is 0 Å². The number of aryl methyl sites for hydroxylation is 1. The van der Waals surface area contributed by atoms with Gasteiger partial charge in [0.05, 0.1) is 12.1 Å². The number of pyridine rings is 1. The fourth-order valence-corrected chi connectivity index (χ4v) is 1.96. The van der Waals surface area contributed by atoms with Crippen molar-refractivity contribution in [1.82, 2.24) is 10.3 Å². The molecule has 0 saturated heterocycles. The molecule has 0 aliphatic heterocycles. The fourth-order valence-electron chi connectivity index (χ4n) is 1.96. The van der Waals surface area contributed by atoms with Crippen molar-refractivity contribution in [2.45, 2.75) is 13.3 Å². The lowest BCUT2D eigenvalue weighted by Gasteiger charge is -2.07.